The molecule has 0 amide bonds. The monoisotopic (exact) mass is 214 g/mol. The van der Waals surface area contributed by atoms with Crippen LogP contribution in [-0.2, 0) is 4.74 Å². The second-order valence-corrected chi connectivity index (χ2v) is 4.48. The smallest absolute Gasteiger partial charge is 0.0593 e. The summed E-state index contributed by atoms with van der Waals surface area (Å²) in [5.41, 5.74) is 0. The van der Waals surface area contributed by atoms with E-state index in [2.05, 4.69) is 31.0 Å². The molecule has 1 N–H and O–H groups in total. The van der Waals surface area contributed by atoms with Crippen molar-refractivity contribution >= 4 is 0 Å². The molecule has 2 unspecified atom stereocenters. The molecule has 3 nitrogen and oxygen atoms in total. The minimum atomic E-state index is 0.624. The van der Waals surface area contributed by atoms with Crippen LogP contribution in [0.15, 0.2) is 0 Å². The number of ether oxygens (including phenoxy) is 1. The van der Waals surface area contributed by atoms with E-state index in [-0.39, 0.29) is 0 Å². The molecule has 0 spiro atoms. The van der Waals surface area contributed by atoms with Crippen LogP contribution >= 0.6 is 0 Å². The summed E-state index contributed by atoms with van der Waals surface area (Å²) in [5.74, 6) is 0. The van der Waals surface area contributed by atoms with Gasteiger partial charge >= 0.3 is 0 Å². The topological polar surface area (TPSA) is 24.5 Å². The van der Waals surface area contributed by atoms with Crippen molar-refractivity contribution in [1.82, 2.24) is 10.2 Å². The van der Waals surface area contributed by atoms with Crippen molar-refractivity contribution < 1.29 is 4.74 Å². The Balaban J connectivity index is 2.22. The van der Waals surface area contributed by atoms with Crippen LogP contribution in [0.1, 0.15) is 33.6 Å². The highest BCUT2D eigenvalue weighted by atomic mass is 16.5. The Labute approximate surface area is 94.2 Å². The zero-order valence-electron chi connectivity index (χ0n) is 10.5. The largest absolute Gasteiger partial charge is 0.380 e. The molecule has 0 aromatic rings. The van der Waals surface area contributed by atoms with Gasteiger partial charge in [0.1, 0.15) is 0 Å². The summed E-state index contributed by atoms with van der Waals surface area (Å²) >= 11 is 0. The van der Waals surface area contributed by atoms with Crippen molar-refractivity contribution in [2.75, 3.05) is 32.8 Å². The molecule has 1 saturated heterocycles. The summed E-state index contributed by atoms with van der Waals surface area (Å²) in [6, 6.07) is 1.32. The summed E-state index contributed by atoms with van der Waals surface area (Å²) in [6.07, 6.45) is 2.35. The molecule has 15 heavy (non-hydrogen) atoms. The van der Waals surface area contributed by atoms with E-state index >= 15 is 0 Å². The third-order valence-electron chi connectivity index (χ3n) is 3.07. The average Bonchev–Trinajstić information content (AvgIpc) is 2.25. The van der Waals surface area contributed by atoms with Gasteiger partial charge in [-0.3, -0.25) is 4.90 Å². The molecule has 0 bridgehead atoms. The highest BCUT2D eigenvalue weighted by molar-refractivity contribution is 4.82. The molecular weight excluding hydrogens is 188 g/mol. The first-order chi connectivity index (χ1) is 7.27. The van der Waals surface area contributed by atoms with Gasteiger partial charge in [-0.05, 0) is 19.8 Å². The van der Waals surface area contributed by atoms with Gasteiger partial charge in [-0.2, -0.15) is 0 Å². The van der Waals surface area contributed by atoms with Crippen LogP contribution < -0.4 is 5.32 Å². The Kier molecular flexibility index (Phi) is 6.22. The molecule has 2 atom stereocenters. The normalized spacial score (nSPS) is 28.2. The molecule has 1 heterocycles. The lowest BCUT2D eigenvalue weighted by atomic mass is 10.1. The maximum Gasteiger partial charge on any atom is 0.0593 e. The van der Waals surface area contributed by atoms with E-state index in [1.54, 1.807) is 0 Å². The van der Waals surface area contributed by atoms with E-state index < -0.39 is 0 Å². The van der Waals surface area contributed by atoms with Crippen LogP contribution in [0, 0.1) is 0 Å². The molecule has 0 saturated carbocycles. The fourth-order valence-corrected chi connectivity index (χ4v) is 2.14. The van der Waals surface area contributed by atoms with Gasteiger partial charge in [0.15, 0.2) is 0 Å². The highest BCUT2D eigenvalue weighted by Crippen LogP contribution is 2.09. The first kappa shape index (κ1) is 12.9. The number of hydrogen-bond donors (Lipinski definition) is 1. The SMILES string of the molecule is CCCOCCN1CC(C)NCC1CC. The Morgan fingerprint density at radius 2 is 2.13 bits per heavy atom. The van der Waals surface area contributed by atoms with Gasteiger partial charge in [0.2, 0.25) is 0 Å². The van der Waals surface area contributed by atoms with Gasteiger partial charge < -0.3 is 10.1 Å². The zero-order chi connectivity index (χ0) is 11.1. The second kappa shape index (κ2) is 7.20. The number of hydrogen-bond acceptors (Lipinski definition) is 3. The minimum absolute atomic E-state index is 0.624. The third kappa shape index (κ3) is 4.49. The highest BCUT2D eigenvalue weighted by Gasteiger charge is 2.23. The van der Waals surface area contributed by atoms with Gasteiger partial charge in [0, 0.05) is 38.3 Å². The molecule has 3 heteroatoms. The molecule has 0 aliphatic carbocycles. The standard InChI is InChI=1S/C12H26N2O/c1-4-7-15-8-6-14-10-11(3)13-9-12(14)5-2/h11-13H,4-10H2,1-3H3. The fraction of sp³-hybridized carbons (Fsp3) is 1.00. The van der Waals surface area contributed by atoms with Gasteiger partial charge in [-0.1, -0.05) is 13.8 Å². The molecule has 0 radical (unpaired) electrons. The van der Waals surface area contributed by atoms with Crippen LogP contribution in [0.3, 0.4) is 0 Å². The molecule has 1 aliphatic rings. The average molecular weight is 214 g/mol. The van der Waals surface area contributed by atoms with E-state index in [9.17, 15) is 0 Å². The van der Waals surface area contributed by atoms with Gasteiger partial charge in [-0.15, -0.1) is 0 Å². The first-order valence-corrected chi connectivity index (χ1v) is 6.33. The lowest BCUT2D eigenvalue weighted by Crippen LogP contribution is -2.55. The molecular formula is C12H26N2O. The maximum absolute atomic E-state index is 5.55. The lowest BCUT2D eigenvalue weighted by Gasteiger charge is -2.38. The van der Waals surface area contributed by atoms with Crippen LogP contribution in [-0.4, -0.2) is 49.8 Å². The van der Waals surface area contributed by atoms with Crippen molar-refractivity contribution in [1.29, 1.82) is 0 Å². The minimum Gasteiger partial charge on any atom is -0.380 e. The van der Waals surface area contributed by atoms with Crippen molar-refractivity contribution in [3.8, 4) is 0 Å². The Morgan fingerprint density at radius 1 is 1.33 bits per heavy atom. The van der Waals surface area contributed by atoms with Crippen LogP contribution in [0.4, 0.5) is 0 Å². The van der Waals surface area contributed by atoms with E-state index in [0.29, 0.717) is 12.1 Å². The molecule has 1 rings (SSSR count). The quantitative estimate of drug-likeness (QED) is 0.678. The number of nitrogens with zero attached hydrogens (tertiary/aromatic N) is 1. The number of rotatable bonds is 6. The summed E-state index contributed by atoms with van der Waals surface area (Å²) in [7, 11) is 0. The van der Waals surface area contributed by atoms with Gasteiger partial charge in [0.25, 0.3) is 0 Å². The van der Waals surface area contributed by atoms with Crippen LogP contribution in [0.25, 0.3) is 0 Å². The molecule has 90 valence electrons. The summed E-state index contributed by atoms with van der Waals surface area (Å²) in [6.45, 7) is 11.8. The maximum atomic E-state index is 5.55. The Morgan fingerprint density at radius 3 is 2.80 bits per heavy atom. The first-order valence-electron chi connectivity index (χ1n) is 6.33. The van der Waals surface area contributed by atoms with Crippen molar-refractivity contribution in [3.05, 3.63) is 0 Å². The number of nitrogens with one attached hydrogen (secondary N) is 1. The van der Waals surface area contributed by atoms with Crippen molar-refractivity contribution in [2.45, 2.75) is 45.7 Å². The Bertz CT molecular complexity index is 164. The molecule has 1 aliphatic heterocycles. The summed E-state index contributed by atoms with van der Waals surface area (Å²) < 4.78 is 5.55. The van der Waals surface area contributed by atoms with Gasteiger partial charge in [0.05, 0.1) is 6.61 Å². The van der Waals surface area contributed by atoms with E-state index in [1.165, 1.54) is 6.42 Å². The predicted octanol–water partition coefficient (Wildman–Crippen LogP) is 1.49. The van der Waals surface area contributed by atoms with Crippen LogP contribution in [0.5, 0.6) is 0 Å². The third-order valence-corrected chi connectivity index (χ3v) is 3.07. The zero-order valence-corrected chi connectivity index (χ0v) is 10.5. The van der Waals surface area contributed by atoms with Crippen molar-refractivity contribution in [3.63, 3.8) is 0 Å². The Hall–Kier alpha value is -0.120. The predicted molar refractivity (Wildman–Crippen MR) is 64.2 cm³/mol. The summed E-state index contributed by atoms with van der Waals surface area (Å²) in [5, 5.41) is 3.53. The number of piperazine rings is 1. The summed E-state index contributed by atoms with van der Waals surface area (Å²) in [4.78, 5) is 2.57. The molecule has 0 aromatic carbocycles. The van der Waals surface area contributed by atoms with E-state index in [1.807, 2.05) is 0 Å². The van der Waals surface area contributed by atoms with E-state index in [4.69, 9.17) is 4.74 Å². The van der Waals surface area contributed by atoms with Crippen LogP contribution in [0.2, 0.25) is 0 Å². The second-order valence-electron chi connectivity index (χ2n) is 4.48. The molecule has 1 fully saturated rings. The fourth-order valence-electron chi connectivity index (χ4n) is 2.14. The lowest BCUT2D eigenvalue weighted by molar-refractivity contribution is 0.0665. The van der Waals surface area contributed by atoms with Gasteiger partial charge in [-0.25, -0.2) is 0 Å². The van der Waals surface area contributed by atoms with E-state index in [0.717, 1.165) is 39.3 Å². The molecule has 0 aromatic heterocycles. The van der Waals surface area contributed by atoms with Crippen molar-refractivity contribution in [2.24, 2.45) is 0 Å².